The molecule has 0 radical (unpaired) electrons. The van der Waals surface area contributed by atoms with Gasteiger partial charge in [-0.15, -0.1) is 0 Å². The molecule has 2 fully saturated rings. The Morgan fingerprint density at radius 1 is 1.37 bits per heavy atom. The maximum absolute atomic E-state index is 9.94. The zero-order valence-electron chi connectivity index (χ0n) is 11.0. The predicted octanol–water partition coefficient (Wildman–Crippen LogP) is -0.0625. The number of hydrogen-bond acceptors (Lipinski definition) is 7. The molecule has 1 N–H and O–H groups in total. The quantitative estimate of drug-likeness (QED) is 0.805. The van der Waals surface area contributed by atoms with Crippen LogP contribution in [0.25, 0.3) is 0 Å². The SMILES string of the molecule is CN1CCOC(c2noc(C3COCCC3O)n2)C1. The maximum Gasteiger partial charge on any atom is 0.234 e. The molecule has 0 aromatic carbocycles. The second kappa shape index (κ2) is 5.54. The van der Waals surface area contributed by atoms with E-state index in [9.17, 15) is 5.11 Å². The number of aromatic nitrogens is 2. The van der Waals surface area contributed by atoms with Crippen LogP contribution >= 0.6 is 0 Å². The van der Waals surface area contributed by atoms with Gasteiger partial charge in [0.25, 0.3) is 0 Å². The number of aliphatic hydroxyl groups is 1. The highest BCUT2D eigenvalue weighted by Gasteiger charge is 2.32. The van der Waals surface area contributed by atoms with Crippen LogP contribution in [0.1, 0.15) is 30.2 Å². The van der Waals surface area contributed by atoms with Crippen molar-refractivity contribution in [3.05, 3.63) is 11.7 Å². The Morgan fingerprint density at radius 3 is 3.05 bits per heavy atom. The summed E-state index contributed by atoms with van der Waals surface area (Å²) >= 11 is 0. The van der Waals surface area contributed by atoms with Gasteiger partial charge in [-0.3, -0.25) is 0 Å². The fourth-order valence-electron chi connectivity index (χ4n) is 2.43. The molecular weight excluding hydrogens is 250 g/mol. The third-order valence-corrected chi connectivity index (χ3v) is 3.65. The fraction of sp³-hybridized carbons (Fsp3) is 0.833. The molecule has 1 aromatic rings. The van der Waals surface area contributed by atoms with Crippen molar-refractivity contribution in [2.45, 2.75) is 24.5 Å². The van der Waals surface area contributed by atoms with Crippen molar-refractivity contribution in [3.8, 4) is 0 Å². The first-order valence-electron chi connectivity index (χ1n) is 6.63. The zero-order valence-corrected chi connectivity index (χ0v) is 11.0. The summed E-state index contributed by atoms with van der Waals surface area (Å²) in [5.41, 5.74) is 0. The van der Waals surface area contributed by atoms with Crippen LogP contribution in [0.5, 0.6) is 0 Å². The van der Waals surface area contributed by atoms with Gasteiger partial charge in [0.1, 0.15) is 6.10 Å². The van der Waals surface area contributed by atoms with Crippen molar-refractivity contribution < 1.29 is 19.1 Å². The normalized spacial score (nSPS) is 33.5. The second-order valence-electron chi connectivity index (χ2n) is 5.15. The van der Waals surface area contributed by atoms with E-state index in [0.29, 0.717) is 38.0 Å². The van der Waals surface area contributed by atoms with Gasteiger partial charge in [-0.1, -0.05) is 5.16 Å². The first-order chi connectivity index (χ1) is 9.24. The monoisotopic (exact) mass is 269 g/mol. The van der Waals surface area contributed by atoms with E-state index in [0.717, 1.165) is 13.1 Å². The minimum absolute atomic E-state index is 0.155. The molecule has 1 aromatic heterocycles. The minimum Gasteiger partial charge on any atom is -0.392 e. The van der Waals surface area contributed by atoms with E-state index in [1.807, 2.05) is 7.05 Å². The molecule has 2 aliphatic rings. The van der Waals surface area contributed by atoms with Gasteiger partial charge in [0.05, 0.1) is 25.2 Å². The summed E-state index contributed by atoms with van der Waals surface area (Å²) in [5, 5.41) is 13.9. The average Bonchev–Trinajstić information content (AvgIpc) is 2.89. The van der Waals surface area contributed by atoms with Crippen molar-refractivity contribution >= 4 is 0 Å². The lowest BCUT2D eigenvalue weighted by molar-refractivity contribution is -0.0264. The number of rotatable bonds is 2. The number of likely N-dealkylation sites (N-methyl/N-ethyl adjacent to an activating group) is 1. The Labute approximate surface area is 111 Å². The van der Waals surface area contributed by atoms with Crippen LogP contribution < -0.4 is 0 Å². The van der Waals surface area contributed by atoms with E-state index in [2.05, 4.69) is 15.0 Å². The summed E-state index contributed by atoms with van der Waals surface area (Å²) in [5.74, 6) is 0.773. The molecule has 2 aliphatic heterocycles. The molecule has 0 saturated carbocycles. The summed E-state index contributed by atoms with van der Waals surface area (Å²) in [6, 6.07) is 0. The molecular formula is C12H19N3O4. The number of morpholine rings is 1. The Morgan fingerprint density at radius 2 is 2.26 bits per heavy atom. The van der Waals surface area contributed by atoms with Gasteiger partial charge in [0.2, 0.25) is 11.7 Å². The molecule has 0 aliphatic carbocycles. The van der Waals surface area contributed by atoms with Crippen LogP contribution in [0.3, 0.4) is 0 Å². The molecule has 0 bridgehead atoms. The molecule has 106 valence electrons. The topological polar surface area (TPSA) is 80.9 Å². The largest absolute Gasteiger partial charge is 0.392 e. The summed E-state index contributed by atoms with van der Waals surface area (Å²) in [7, 11) is 2.04. The smallest absolute Gasteiger partial charge is 0.234 e. The molecule has 3 rings (SSSR count). The van der Waals surface area contributed by atoms with E-state index in [1.54, 1.807) is 0 Å². The fourth-order valence-corrected chi connectivity index (χ4v) is 2.43. The highest BCUT2D eigenvalue weighted by atomic mass is 16.5. The highest BCUT2D eigenvalue weighted by molar-refractivity contribution is 5.01. The van der Waals surface area contributed by atoms with E-state index in [-0.39, 0.29) is 12.0 Å². The third kappa shape index (κ3) is 2.79. The molecule has 2 saturated heterocycles. The molecule has 3 unspecified atom stereocenters. The van der Waals surface area contributed by atoms with Crippen LogP contribution in [-0.4, -0.2) is 66.2 Å². The molecule has 7 nitrogen and oxygen atoms in total. The summed E-state index contributed by atoms with van der Waals surface area (Å²) in [4.78, 5) is 6.54. The lowest BCUT2D eigenvalue weighted by Crippen LogP contribution is -2.35. The van der Waals surface area contributed by atoms with Crippen LogP contribution in [0.4, 0.5) is 0 Å². The molecule has 0 amide bonds. The van der Waals surface area contributed by atoms with Crippen molar-refractivity contribution in [1.29, 1.82) is 0 Å². The molecule has 0 spiro atoms. The first-order valence-corrected chi connectivity index (χ1v) is 6.63. The standard InChI is InChI=1S/C12H19N3O4/c1-15-3-5-18-10(6-15)11-13-12(19-14-11)8-7-17-4-2-9(8)16/h8-10,16H,2-7H2,1H3. The van der Waals surface area contributed by atoms with Gasteiger partial charge in [-0.2, -0.15) is 4.98 Å². The van der Waals surface area contributed by atoms with Crippen molar-refractivity contribution in [2.75, 3.05) is 40.0 Å². The van der Waals surface area contributed by atoms with Gasteiger partial charge >= 0.3 is 0 Å². The van der Waals surface area contributed by atoms with Gasteiger partial charge in [0.15, 0.2) is 0 Å². The van der Waals surface area contributed by atoms with Crippen molar-refractivity contribution in [1.82, 2.24) is 15.0 Å². The summed E-state index contributed by atoms with van der Waals surface area (Å²) in [6.07, 6.45) is -0.0275. The maximum atomic E-state index is 9.94. The van der Waals surface area contributed by atoms with E-state index >= 15 is 0 Å². The van der Waals surface area contributed by atoms with Gasteiger partial charge in [-0.25, -0.2) is 0 Å². The van der Waals surface area contributed by atoms with Crippen LogP contribution in [0.15, 0.2) is 4.52 Å². The third-order valence-electron chi connectivity index (χ3n) is 3.65. The Kier molecular flexibility index (Phi) is 3.79. The van der Waals surface area contributed by atoms with Crippen LogP contribution in [-0.2, 0) is 9.47 Å². The minimum atomic E-state index is -0.475. The van der Waals surface area contributed by atoms with Gasteiger partial charge in [0, 0.05) is 19.7 Å². The lowest BCUT2D eigenvalue weighted by Gasteiger charge is -2.28. The average molecular weight is 269 g/mol. The lowest BCUT2D eigenvalue weighted by atomic mass is 9.99. The second-order valence-corrected chi connectivity index (χ2v) is 5.15. The van der Waals surface area contributed by atoms with Crippen molar-refractivity contribution in [2.24, 2.45) is 0 Å². The number of hydrogen-bond donors (Lipinski definition) is 1. The summed E-state index contributed by atoms with van der Waals surface area (Å²) < 4.78 is 16.3. The molecule has 19 heavy (non-hydrogen) atoms. The van der Waals surface area contributed by atoms with Gasteiger partial charge in [-0.05, 0) is 13.5 Å². The van der Waals surface area contributed by atoms with E-state index in [4.69, 9.17) is 14.0 Å². The van der Waals surface area contributed by atoms with Crippen LogP contribution in [0, 0.1) is 0 Å². The Hall–Kier alpha value is -1.02. The highest BCUT2D eigenvalue weighted by Crippen LogP contribution is 2.26. The number of ether oxygens (including phenoxy) is 2. The Bertz CT molecular complexity index is 425. The molecule has 3 atom stereocenters. The van der Waals surface area contributed by atoms with E-state index < -0.39 is 6.10 Å². The van der Waals surface area contributed by atoms with Gasteiger partial charge < -0.3 is 24.0 Å². The van der Waals surface area contributed by atoms with E-state index in [1.165, 1.54) is 0 Å². The number of nitrogens with zero attached hydrogens (tertiary/aromatic N) is 3. The molecule has 3 heterocycles. The first kappa shape index (κ1) is 13.0. The summed E-state index contributed by atoms with van der Waals surface area (Å²) in [6.45, 7) is 3.34. The Balaban J connectivity index is 1.71. The predicted molar refractivity (Wildman–Crippen MR) is 64.7 cm³/mol. The van der Waals surface area contributed by atoms with Crippen molar-refractivity contribution in [3.63, 3.8) is 0 Å². The zero-order chi connectivity index (χ0) is 13.2. The number of aliphatic hydroxyl groups excluding tert-OH is 1. The van der Waals surface area contributed by atoms with Crippen LogP contribution in [0.2, 0.25) is 0 Å². The molecule has 7 heteroatoms.